The summed E-state index contributed by atoms with van der Waals surface area (Å²) in [7, 11) is 0. The van der Waals surface area contributed by atoms with E-state index in [1.165, 1.54) is 42.5 Å². The van der Waals surface area contributed by atoms with Crippen LogP contribution < -0.4 is 10.3 Å². The monoisotopic (exact) mass is 794 g/mol. The lowest BCUT2D eigenvalue weighted by Crippen LogP contribution is -2.53. The predicted molar refractivity (Wildman–Crippen MR) is 187 cm³/mol. The van der Waals surface area contributed by atoms with Gasteiger partial charge in [-0.1, -0.05) is 53.1 Å². The highest BCUT2D eigenvalue weighted by Crippen LogP contribution is 2.64. The smallest absolute Gasteiger partial charge is 0.417 e. The Bertz CT molecular complexity index is 2350. The number of anilines is 2. The van der Waals surface area contributed by atoms with Gasteiger partial charge in [0.1, 0.15) is 23.5 Å². The summed E-state index contributed by atoms with van der Waals surface area (Å²) in [5, 5.41) is 20.0. The van der Waals surface area contributed by atoms with Gasteiger partial charge < -0.3 is 14.6 Å². The van der Waals surface area contributed by atoms with Crippen LogP contribution in [0.4, 0.5) is 24.7 Å². The fourth-order valence-electron chi connectivity index (χ4n) is 8.76. The molecule has 55 heavy (non-hydrogen) atoms. The van der Waals surface area contributed by atoms with E-state index in [4.69, 9.17) is 27.6 Å². The highest BCUT2D eigenvalue weighted by atomic mass is 35.5. The quantitative estimate of drug-likeness (QED) is 0.141. The fraction of sp³-hybridized carbons (Fsp3) is 0.263. The molecule has 2 aromatic heterocycles. The lowest BCUT2D eigenvalue weighted by Gasteiger charge is -2.49. The number of aromatic nitrogens is 1. The van der Waals surface area contributed by atoms with Crippen LogP contribution in [0.5, 0.6) is 0 Å². The van der Waals surface area contributed by atoms with Crippen molar-refractivity contribution in [3.8, 4) is 0 Å². The van der Waals surface area contributed by atoms with Crippen LogP contribution in [0.3, 0.4) is 0 Å². The van der Waals surface area contributed by atoms with Gasteiger partial charge in [0.05, 0.1) is 45.5 Å². The average molecular weight is 796 g/mol. The summed E-state index contributed by atoms with van der Waals surface area (Å²) >= 11 is 12.5. The zero-order valence-corrected chi connectivity index (χ0v) is 29.6. The van der Waals surface area contributed by atoms with Gasteiger partial charge >= 0.3 is 12.1 Å². The highest BCUT2D eigenvalue weighted by Gasteiger charge is 2.71. The third-order valence-electron chi connectivity index (χ3n) is 11.0. The number of amides is 4. The van der Waals surface area contributed by atoms with Crippen molar-refractivity contribution in [1.29, 1.82) is 0 Å². The molecule has 2 aliphatic carbocycles. The minimum Gasteiger partial charge on any atom is -0.478 e. The number of rotatable bonds is 7. The van der Waals surface area contributed by atoms with Crippen molar-refractivity contribution in [3.05, 3.63) is 123 Å². The van der Waals surface area contributed by atoms with Gasteiger partial charge in [0, 0.05) is 11.2 Å². The van der Waals surface area contributed by atoms with Gasteiger partial charge in [-0.3, -0.25) is 29.5 Å². The molecule has 2 aliphatic heterocycles. The SMILES string of the molecule is O=C(O)c1cccc(N2C(=O)C3CC=C4C(CC5C(=O)N(Nc6ncc(C(F)(F)F)cc6Cl)C(=O)C5(c5ccc(Cl)cc5)C4c4ccc(CO)o4)C3C2=O)c1. The maximum Gasteiger partial charge on any atom is 0.417 e. The molecule has 3 N–H and O–H groups in total. The van der Waals surface area contributed by atoms with Crippen molar-refractivity contribution in [1.82, 2.24) is 9.99 Å². The van der Waals surface area contributed by atoms with Crippen molar-refractivity contribution in [2.45, 2.75) is 37.0 Å². The molecule has 2 aromatic carbocycles. The number of carboxylic acid groups (broad SMARTS) is 1. The molecule has 1 saturated carbocycles. The van der Waals surface area contributed by atoms with Crippen LogP contribution in [0.25, 0.3) is 0 Å². The average Bonchev–Trinajstić information content (AvgIpc) is 3.79. The number of carbonyl (C=O) groups is 5. The van der Waals surface area contributed by atoms with Gasteiger partial charge in [-0.05, 0) is 72.9 Å². The molecule has 4 aromatic rings. The molecule has 282 valence electrons. The number of hydrogen-bond acceptors (Lipinski definition) is 9. The maximum absolute atomic E-state index is 15.2. The Morgan fingerprint density at radius 2 is 1.73 bits per heavy atom. The summed E-state index contributed by atoms with van der Waals surface area (Å²) in [6, 6.07) is 15.3. The predicted octanol–water partition coefficient (Wildman–Crippen LogP) is 6.38. The lowest BCUT2D eigenvalue weighted by molar-refractivity contribution is -0.139. The number of alkyl halides is 3. The van der Waals surface area contributed by atoms with Crippen molar-refractivity contribution < 1.29 is 51.8 Å². The molecular formula is C38H27Cl2F3N4O8. The zero-order valence-electron chi connectivity index (χ0n) is 28.1. The fourth-order valence-corrected chi connectivity index (χ4v) is 9.09. The van der Waals surface area contributed by atoms with Gasteiger partial charge in [0.25, 0.3) is 11.8 Å². The standard InChI is InChI=1S/C38H27Cl2F3N4O8/c39-20-6-4-18(5-7-20)37-26(33(50)47(36(37)54)45-31-27(40)13-19(15-44-31)38(41,42)43)14-25-23(30(37)28-11-8-22(16-48)55-28)9-10-24-29(25)34(51)46(32(24)49)21-3-1-2-17(12-21)35(52)53/h1-9,11-13,15,24-26,29-30,48H,10,14,16H2,(H,44,45)(H,52,53). The van der Waals surface area contributed by atoms with Gasteiger partial charge in [-0.25, -0.2) is 9.78 Å². The first kappa shape index (κ1) is 36.5. The van der Waals surface area contributed by atoms with E-state index in [0.29, 0.717) is 33.4 Å². The van der Waals surface area contributed by atoms with Crippen LogP contribution >= 0.6 is 23.2 Å². The number of pyridine rings is 1. The normalized spacial score (nSPS) is 26.1. The van der Waals surface area contributed by atoms with E-state index in [1.807, 2.05) is 0 Å². The minimum atomic E-state index is -4.78. The number of carbonyl (C=O) groups excluding carboxylic acids is 4. The van der Waals surface area contributed by atoms with Crippen molar-refractivity contribution >= 4 is 64.3 Å². The first-order valence-electron chi connectivity index (χ1n) is 16.9. The third kappa shape index (κ3) is 5.54. The van der Waals surface area contributed by atoms with E-state index in [-0.39, 0.29) is 35.6 Å². The summed E-state index contributed by atoms with van der Waals surface area (Å²) in [6.07, 6.45) is -2.60. The molecule has 0 bridgehead atoms. The topological polar surface area (TPSA) is 170 Å². The van der Waals surface area contributed by atoms with Gasteiger partial charge in [0.2, 0.25) is 11.8 Å². The molecule has 4 aliphatic rings. The number of furan rings is 1. The Morgan fingerprint density at radius 3 is 2.38 bits per heavy atom. The Kier molecular flexibility index (Phi) is 8.66. The van der Waals surface area contributed by atoms with Crippen LogP contribution in [0.1, 0.15) is 51.8 Å². The number of benzene rings is 2. The number of hydrogen-bond donors (Lipinski definition) is 3. The van der Waals surface area contributed by atoms with Gasteiger partial charge in [0.15, 0.2) is 5.82 Å². The largest absolute Gasteiger partial charge is 0.478 e. The van der Waals surface area contributed by atoms with Gasteiger partial charge in [-0.2, -0.15) is 18.2 Å². The summed E-state index contributed by atoms with van der Waals surface area (Å²) in [4.78, 5) is 74.8. The van der Waals surface area contributed by atoms with Crippen LogP contribution in [-0.4, -0.2) is 49.8 Å². The molecule has 4 amide bonds. The van der Waals surface area contributed by atoms with Crippen molar-refractivity contribution in [2.24, 2.45) is 23.7 Å². The first-order chi connectivity index (χ1) is 26.2. The molecule has 4 heterocycles. The number of nitrogens with one attached hydrogen (secondary N) is 1. The van der Waals surface area contributed by atoms with Crippen LogP contribution in [-0.2, 0) is 37.4 Å². The number of imide groups is 2. The number of aliphatic hydroxyl groups is 1. The second-order valence-electron chi connectivity index (χ2n) is 13.7. The molecular weight excluding hydrogens is 768 g/mol. The van der Waals surface area contributed by atoms with Crippen molar-refractivity contribution in [3.63, 3.8) is 0 Å². The van der Waals surface area contributed by atoms with E-state index in [1.54, 1.807) is 24.3 Å². The van der Waals surface area contributed by atoms with Gasteiger partial charge in [-0.15, -0.1) is 0 Å². The number of nitrogens with zero attached hydrogens (tertiary/aromatic N) is 3. The molecule has 6 unspecified atom stereocenters. The summed E-state index contributed by atoms with van der Waals surface area (Å²) in [5.74, 6) is -9.34. The summed E-state index contributed by atoms with van der Waals surface area (Å²) in [5.41, 5.74) is 0.340. The molecule has 2 saturated heterocycles. The van der Waals surface area contributed by atoms with Crippen LogP contribution in [0.2, 0.25) is 10.0 Å². The minimum absolute atomic E-state index is 0.0524. The Morgan fingerprint density at radius 1 is 0.982 bits per heavy atom. The summed E-state index contributed by atoms with van der Waals surface area (Å²) < 4.78 is 46.4. The maximum atomic E-state index is 15.2. The molecule has 0 spiro atoms. The van der Waals surface area contributed by atoms with Crippen LogP contribution in [0.15, 0.2) is 89.0 Å². The zero-order chi connectivity index (χ0) is 39.1. The number of carboxylic acids is 1. The number of halogens is 5. The van der Waals surface area contributed by atoms with Crippen LogP contribution in [0, 0.1) is 23.7 Å². The number of allylic oxidation sites excluding steroid dienone is 2. The number of aromatic carboxylic acids is 1. The molecule has 12 nitrogen and oxygen atoms in total. The Hall–Kier alpha value is -5.51. The third-order valence-corrected chi connectivity index (χ3v) is 11.6. The Balaban J connectivity index is 1.28. The first-order valence-corrected chi connectivity index (χ1v) is 17.7. The number of hydrazine groups is 1. The second-order valence-corrected chi connectivity index (χ2v) is 14.6. The van der Waals surface area contributed by atoms with E-state index in [9.17, 15) is 42.6 Å². The van der Waals surface area contributed by atoms with E-state index >= 15 is 4.79 Å². The molecule has 3 fully saturated rings. The highest BCUT2D eigenvalue weighted by molar-refractivity contribution is 6.33. The molecule has 17 heteroatoms. The molecule has 8 rings (SSSR count). The van der Waals surface area contributed by atoms with E-state index < -0.39 is 93.8 Å². The van der Waals surface area contributed by atoms with Crippen molar-refractivity contribution in [2.75, 3.05) is 10.3 Å². The second kappa shape index (κ2) is 13.1. The Labute approximate surface area is 319 Å². The number of fused-ring (bicyclic) bond motifs is 4. The molecule has 0 radical (unpaired) electrons. The van der Waals surface area contributed by atoms with E-state index in [2.05, 4.69) is 10.4 Å². The summed E-state index contributed by atoms with van der Waals surface area (Å²) in [6.45, 7) is -0.507. The van der Waals surface area contributed by atoms with E-state index in [0.717, 1.165) is 4.90 Å². The number of aliphatic hydroxyl groups excluding tert-OH is 1. The lowest BCUT2D eigenvalue weighted by atomic mass is 9.50. The molecule has 6 atom stereocenters.